The van der Waals surface area contributed by atoms with Gasteiger partial charge >= 0.3 is 0 Å². The summed E-state index contributed by atoms with van der Waals surface area (Å²) >= 11 is 4.91. The largest absolute Gasteiger partial charge is 0.392 e. The fourth-order valence-electron chi connectivity index (χ4n) is 1.18. The van der Waals surface area contributed by atoms with Crippen LogP contribution in [-0.4, -0.2) is 28.9 Å². The van der Waals surface area contributed by atoms with Crippen LogP contribution in [0.15, 0.2) is 0 Å². The Morgan fingerprint density at radius 3 is 2.00 bits per heavy atom. The predicted molar refractivity (Wildman–Crippen MR) is 67.6 cm³/mol. The Bertz CT molecular complexity index is 261. The lowest BCUT2D eigenvalue weighted by molar-refractivity contribution is -0.138. The van der Waals surface area contributed by atoms with E-state index in [2.05, 4.69) is 13.8 Å². The summed E-state index contributed by atoms with van der Waals surface area (Å²) in [7, 11) is 1.80. The summed E-state index contributed by atoms with van der Waals surface area (Å²) in [5.74, 6) is 0.400. The van der Waals surface area contributed by atoms with Crippen molar-refractivity contribution in [1.82, 2.24) is 4.90 Å². The van der Waals surface area contributed by atoms with Crippen LogP contribution >= 0.6 is 12.2 Å². The Labute approximate surface area is 98.0 Å². The summed E-state index contributed by atoms with van der Waals surface area (Å²) in [5, 5.41) is 0. The van der Waals surface area contributed by atoms with Gasteiger partial charge in [-0.15, -0.1) is 0 Å². The van der Waals surface area contributed by atoms with Gasteiger partial charge in [-0.25, -0.2) is 0 Å². The number of amides is 1. The van der Waals surface area contributed by atoms with Crippen LogP contribution in [0.1, 0.15) is 34.6 Å². The smallest absolute Gasteiger partial charge is 0.235 e. The van der Waals surface area contributed by atoms with Crippen molar-refractivity contribution in [3.8, 4) is 0 Å². The van der Waals surface area contributed by atoms with Crippen LogP contribution in [-0.2, 0) is 4.79 Å². The second kappa shape index (κ2) is 4.92. The highest BCUT2D eigenvalue weighted by Gasteiger charge is 2.35. The second-order valence-electron chi connectivity index (χ2n) is 4.89. The molecule has 0 aromatic rings. The normalized spacial score (nSPS) is 13.8. The van der Waals surface area contributed by atoms with E-state index >= 15 is 0 Å². The first-order chi connectivity index (χ1) is 6.62. The summed E-state index contributed by atoms with van der Waals surface area (Å²) < 4.78 is 0. The van der Waals surface area contributed by atoms with Crippen LogP contribution in [0.25, 0.3) is 0 Å². The molecule has 0 saturated carbocycles. The van der Waals surface area contributed by atoms with Gasteiger partial charge in [0.15, 0.2) is 0 Å². The lowest BCUT2D eigenvalue weighted by Gasteiger charge is -2.34. The summed E-state index contributed by atoms with van der Waals surface area (Å²) in [6, 6.07) is 0.186. The molecule has 0 fully saturated rings. The lowest BCUT2D eigenvalue weighted by Crippen LogP contribution is -2.49. The number of nitrogens with zero attached hydrogens (tertiary/aromatic N) is 1. The summed E-state index contributed by atoms with van der Waals surface area (Å²) in [6.45, 7) is 9.73. The van der Waals surface area contributed by atoms with E-state index in [4.69, 9.17) is 18.0 Å². The number of carbonyl (C=O) groups excluding carboxylic acids is 1. The summed E-state index contributed by atoms with van der Waals surface area (Å²) in [5.41, 5.74) is 4.81. The first-order valence-corrected chi connectivity index (χ1v) is 5.60. The third-order valence-corrected chi connectivity index (χ3v) is 3.56. The molecule has 0 spiro atoms. The van der Waals surface area contributed by atoms with Crippen LogP contribution < -0.4 is 5.73 Å². The molecule has 0 radical (unpaired) electrons. The third-order valence-electron chi connectivity index (χ3n) is 3.05. The van der Waals surface area contributed by atoms with Crippen LogP contribution in [0.4, 0.5) is 0 Å². The molecule has 1 atom stereocenters. The molecular weight excluding hydrogens is 208 g/mol. The molecule has 0 saturated heterocycles. The molecular formula is C11H22N2OS. The minimum atomic E-state index is -0.757. The van der Waals surface area contributed by atoms with Gasteiger partial charge in [0.25, 0.3) is 0 Å². The lowest BCUT2D eigenvalue weighted by atomic mass is 9.90. The van der Waals surface area contributed by atoms with E-state index < -0.39 is 5.41 Å². The van der Waals surface area contributed by atoms with Crippen molar-refractivity contribution >= 4 is 23.1 Å². The molecule has 0 aliphatic carbocycles. The Balaban J connectivity index is 4.80. The van der Waals surface area contributed by atoms with Crippen molar-refractivity contribution in [2.24, 2.45) is 17.1 Å². The van der Waals surface area contributed by atoms with E-state index in [1.807, 2.05) is 6.92 Å². The standard InChI is InChI=1S/C11H22N2OS/c1-7(2)8(3)13(6)10(14)11(4,5)9(12)15/h7-8H,1-6H3,(H2,12,15). The fourth-order valence-corrected chi connectivity index (χ4v) is 1.27. The summed E-state index contributed by atoms with van der Waals surface area (Å²) in [4.78, 5) is 14.1. The van der Waals surface area contributed by atoms with Crippen molar-refractivity contribution in [1.29, 1.82) is 0 Å². The van der Waals surface area contributed by atoms with Gasteiger partial charge in [0, 0.05) is 13.1 Å². The number of thiocarbonyl (C=S) groups is 1. The number of rotatable bonds is 4. The molecule has 1 amide bonds. The first-order valence-electron chi connectivity index (χ1n) is 5.19. The van der Waals surface area contributed by atoms with Gasteiger partial charge in [-0.05, 0) is 26.7 Å². The average Bonchev–Trinajstić information content (AvgIpc) is 2.13. The molecule has 0 bridgehead atoms. The molecule has 2 N–H and O–H groups in total. The summed E-state index contributed by atoms with van der Waals surface area (Å²) in [6.07, 6.45) is 0. The van der Waals surface area contributed by atoms with Crippen LogP contribution in [0, 0.1) is 11.3 Å². The number of carbonyl (C=O) groups is 1. The number of hydrogen-bond donors (Lipinski definition) is 1. The first kappa shape index (κ1) is 14.4. The van der Waals surface area contributed by atoms with Gasteiger partial charge in [-0.1, -0.05) is 26.1 Å². The van der Waals surface area contributed by atoms with Crippen LogP contribution in [0.5, 0.6) is 0 Å². The zero-order valence-electron chi connectivity index (χ0n) is 10.5. The van der Waals surface area contributed by atoms with Gasteiger partial charge < -0.3 is 10.6 Å². The Hall–Kier alpha value is -0.640. The zero-order valence-corrected chi connectivity index (χ0v) is 11.3. The van der Waals surface area contributed by atoms with E-state index in [0.717, 1.165) is 0 Å². The van der Waals surface area contributed by atoms with Crippen molar-refractivity contribution in [3.05, 3.63) is 0 Å². The molecule has 0 aromatic heterocycles. The monoisotopic (exact) mass is 230 g/mol. The minimum absolute atomic E-state index is 0.0174. The third kappa shape index (κ3) is 3.16. The molecule has 4 heteroatoms. The van der Waals surface area contributed by atoms with Crippen molar-refractivity contribution in [2.45, 2.75) is 40.7 Å². The molecule has 0 aliphatic rings. The molecule has 3 nitrogen and oxygen atoms in total. The number of hydrogen-bond acceptors (Lipinski definition) is 2. The predicted octanol–water partition coefficient (Wildman–Crippen LogP) is 1.80. The van der Waals surface area contributed by atoms with E-state index in [9.17, 15) is 4.79 Å². The van der Waals surface area contributed by atoms with E-state index in [1.165, 1.54) is 0 Å². The molecule has 15 heavy (non-hydrogen) atoms. The SMILES string of the molecule is CC(C)C(C)N(C)C(=O)C(C)(C)C(N)=S. The maximum absolute atomic E-state index is 12.1. The average molecular weight is 230 g/mol. The van der Waals surface area contributed by atoms with Gasteiger partial charge in [0.05, 0.1) is 10.4 Å². The van der Waals surface area contributed by atoms with E-state index in [0.29, 0.717) is 5.92 Å². The molecule has 88 valence electrons. The van der Waals surface area contributed by atoms with Crippen molar-refractivity contribution in [3.63, 3.8) is 0 Å². The molecule has 0 aromatic carbocycles. The van der Waals surface area contributed by atoms with Gasteiger partial charge in [-0.2, -0.15) is 0 Å². The Kier molecular flexibility index (Phi) is 4.71. The highest BCUT2D eigenvalue weighted by atomic mass is 32.1. The van der Waals surface area contributed by atoms with Crippen LogP contribution in [0.3, 0.4) is 0 Å². The molecule has 0 rings (SSSR count). The van der Waals surface area contributed by atoms with Gasteiger partial charge in [-0.3, -0.25) is 4.79 Å². The highest BCUT2D eigenvalue weighted by Crippen LogP contribution is 2.21. The van der Waals surface area contributed by atoms with E-state index in [-0.39, 0.29) is 16.9 Å². The minimum Gasteiger partial charge on any atom is -0.392 e. The maximum atomic E-state index is 12.1. The van der Waals surface area contributed by atoms with Gasteiger partial charge in [0.2, 0.25) is 5.91 Å². The van der Waals surface area contributed by atoms with Crippen LogP contribution in [0.2, 0.25) is 0 Å². The molecule has 1 unspecified atom stereocenters. The molecule has 0 heterocycles. The second-order valence-corrected chi connectivity index (χ2v) is 5.33. The Morgan fingerprint density at radius 2 is 1.73 bits per heavy atom. The zero-order chi connectivity index (χ0) is 12.4. The topological polar surface area (TPSA) is 46.3 Å². The van der Waals surface area contributed by atoms with Gasteiger partial charge in [0.1, 0.15) is 0 Å². The fraction of sp³-hybridized carbons (Fsp3) is 0.818. The van der Waals surface area contributed by atoms with E-state index in [1.54, 1.807) is 25.8 Å². The highest BCUT2D eigenvalue weighted by molar-refractivity contribution is 7.80. The Morgan fingerprint density at radius 1 is 1.33 bits per heavy atom. The number of nitrogens with two attached hydrogens (primary N) is 1. The van der Waals surface area contributed by atoms with Crippen molar-refractivity contribution in [2.75, 3.05) is 7.05 Å². The maximum Gasteiger partial charge on any atom is 0.235 e. The molecule has 0 aliphatic heterocycles. The quantitative estimate of drug-likeness (QED) is 0.749. The van der Waals surface area contributed by atoms with Crippen molar-refractivity contribution < 1.29 is 4.79 Å².